The van der Waals surface area contributed by atoms with Crippen molar-refractivity contribution in [3.8, 4) is 5.75 Å². The van der Waals surface area contributed by atoms with E-state index in [2.05, 4.69) is 44.2 Å². The molecule has 1 unspecified atom stereocenters. The first kappa shape index (κ1) is 16.9. The Morgan fingerprint density at radius 3 is 2.54 bits per heavy atom. The number of thioether (sulfide) groups is 1. The van der Waals surface area contributed by atoms with Crippen molar-refractivity contribution >= 4 is 23.4 Å². The van der Waals surface area contributed by atoms with Gasteiger partial charge in [-0.15, -0.1) is 11.8 Å². The van der Waals surface area contributed by atoms with Crippen LogP contribution < -0.4 is 9.64 Å². The lowest BCUT2D eigenvalue weighted by atomic mass is 10.0. The number of ether oxygens (including phenoxy) is 1. The molecule has 3 rings (SSSR count). The zero-order chi connectivity index (χ0) is 17.1. The molecule has 126 valence electrons. The fourth-order valence-corrected chi connectivity index (χ4v) is 4.13. The lowest BCUT2D eigenvalue weighted by Gasteiger charge is -2.26. The van der Waals surface area contributed by atoms with Crippen LogP contribution in [0.15, 0.2) is 48.5 Å². The van der Waals surface area contributed by atoms with Crippen LogP contribution in [-0.2, 0) is 4.79 Å². The molecule has 2 aromatic carbocycles. The minimum Gasteiger partial charge on any atom is -0.493 e. The van der Waals surface area contributed by atoms with Crippen molar-refractivity contribution in [1.82, 2.24) is 0 Å². The average molecular weight is 341 g/mol. The van der Waals surface area contributed by atoms with Gasteiger partial charge in [0, 0.05) is 11.3 Å². The molecule has 1 heterocycles. The second kappa shape index (κ2) is 7.31. The first-order chi connectivity index (χ1) is 11.6. The van der Waals surface area contributed by atoms with Crippen molar-refractivity contribution in [2.24, 2.45) is 0 Å². The average Bonchev–Trinajstić information content (AvgIpc) is 2.97. The maximum absolute atomic E-state index is 12.5. The van der Waals surface area contributed by atoms with E-state index in [1.807, 2.05) is 30.0 Å². The number of hydrogen-bond donors (Lipinski definition) is 0. The molecule has 0 saturated carbocycles. The van der Waals surface area contributed by atoms with E-state index in [0.29, 0.717) is 18.3 Å². The summed E-state index contributed by atoms with van der Waals surface area (Å²) in [6, 6.07) is 16.3. The highest BCUT2D eigenvalue weighted by Crippen LogP contribution is 2.44. The van der Waals surface area contributed by atoms with E-state index in [0.717, 1.165) is 17.0 Å². The van der Waals surface area contributed by atoms with E-state index in [9.17, 15) is 4.79 Å². The normalized spacial score (nSPS) is 17.6. The van der Waals surface area contributed by atoms with E-state index >= 15 is 0 Å². The predicted molar refractivity (Wildman–Crippen MR) is 101 cm³/mol. The monoisotopic (exact) mass is 341 g/mol. The molecule has 3 nitrogen and oxygen atoms in total. The van der Waals surface area contributed by atoms with Gasteiger partial charge in [-0.2, -0.15) is 0 Å². The molecule has 1 atom stereocenters. The molecule has 1 aliphatic rings. The van der Waals surface area contributed by atoms with Gasteiger partial charge in [0.15, 0.2) is 0 Å². The van der Waals surface area contributed by atoms with E-state index in [1.165, 1.54) is 5.56 Å². The molecule has 0 radical (unpaired) electrons. The van der Waals surface area contributed by atoms with E-state index in [-0.39, 0.29) is 11.3 Å². The summed E-state index contributed by atoms with van der Waals surface area (Å²) in [5, 5.41) is -0.0369. The van der Waals surface area contributed by atoms with Crippen LogP contribution in [0.3, 0.4) is 0 Å². The second-order valence-electron chi connectivity index (χ2n) is 6.14. The number of anilines is 1. The molecule has 0 bridgehead atoms. The number of para-hydroxylation sites is 1. The maximum Gasteiger partial charge on any atom is 0.238 e. The molecule has 0 N–H and O–H groups in total. The first-order valence-corrected chi connectivity index (χ1v) is 9.42. The highest BCUT2D eigenvalue weighted by molar-refractivity contribution is 8.00. The third-order valence-corrected chi connectivity index (χ3v) is 5.38. The lowest BCUT2D eigenvalue weighted by molar-refractivity contribution is -0.115. The Kier molecular flexibility index (Phi) is 5.14. The van der Waals surface area contributed by atoms with Crippen LogP contribution >= 0.6 is 11.8 Å². The maximum atomic E-state index is 12.5. The molecule has 1 fully saturated rings. The summed E-state index contributed by atoms with van der Waals surface area (Å²) in [5.74, 6) is 1.98. The number of carbonyl (C=O) groups excluding carboxylic acids is 1. The molecule has 2 aromatic rings. The summed E-state index contributed by atoms with van der Waals surface area (Å²) in [5.41, 5.74) is 3.29. The third kappa shape index (κ3) is 3.29. The molecule has 0 aliphatic carbocycles. The van der Waals surface area contributed by atoms with Gasteiger partial charge in [-0.05, 0) is 36.6 Å². The topological polar surface area (TPSA) is 29.5 Å². The van der Waals surface area contributed by atoms with Gasteiger partial charge >= 0.3 is 0 Å². The number of carbonyl (C=O) groups is 1. The van der Waals surface area contributed by atoms with E-state index < -0.39 is 0 Å². The Hall–Kier alpha value is -1.94. The van der Waals surface area contributed by atoms with Crippen LogP contribution in [-0.4, -0.2) is 18.3 Å². The third-order valence-electron chi connectivity index (χ3n) is 4.19. The number of rotatable bonds is 5. The van der Waals surface area contributed by atoms with Crippen molar-refractivity contribution < 1.29 is 9.53 Å². The predicted octanol–water partition coefficient (Wildman–Crippen LogP) is 4.99. The van der Waals surface area contributed by atoms with Crippen molar-refractivity contribution in [2.45, 2.75) is 32.1 Å². The number of amides is 1. The smallest absolute Gasteiger partial charge is 0.238 e. The molecule has 24 heavy (non-hydrogen) atoms. The fraction of sp³-hybridized carbons (Fsp3) is 0.350. The highest BCUT2D eigenvalue weighted by Gasteiger charge is 2.35. The first-order valence-electron chi connectivity index (χ1n) is 8.37. The van der Waals surface area contributed by atoms with Crippen LogP contribution in [0, 0.1) is 0 Å². The second-order valence-corrected chi connectivity index (χ2v) is 7.21. The zero-order valence-electron chi connectivity index (χ0n) is 14.4. The minimum atomic E-state index is -0.0369. The summed E-state index contributed by atoms with van der Waals surface area (Å²) in [4.78, 5) is 14.4. The van der Waals surface area contributed by atoms with Crippen molar-refractivity contribution in [1.29, 1.82) is 0 Å². The van der Waals surface area contributed by atoms with Crippen molar-refractivity contribution in [2.75, 3.05) is 17.3 Å². The summed E-state index contributed by atoms with van der Waals surface area (Å²) in [6.45, 7) is 6.94. The summed E-state index contributed by atoms with van der Waals surface area (Å²) in [6.07, 6.45) is 0. The van der Waals surface area contributed by atoms with Crippen LogP contribution in [0.5, 0.6) is 5.75 Å². The van der Waals surface area contributed by atoms with Gasteiger partial charge in [0.05, 0.1) is 12.4 Å². The molecule has 0 aromatic heterocycles. The highest BCUT2D eigenvalue weighted by atomic mass is 32.2. The Bertz CT molecular complexity index is 712. The van der Waals surface area contributed by atoms with E-state index in [4.69, 9.17) is 4.74 Å². The summed E-state index contributed by atoms with van der Waals surface area (Å²) >= 11 is 1.65. The minimum absolute atomic E-state index is 0.0369. The van der Waals surface area contributed by atoms with Gasteiger partial charge < -0.3 is 4.74 Å². The number of benzene rings is 2. The molecule has 1 saturated heterocycles. The molecule has 4 heteroatoms. The molecule has 1 aliphatic heterocycles. The molecule has 1 amide bonds. The largest absolute Gasteiger partial charge is 0.493 e. The van der Waals surface area contributed by atoms with Crippen LogP contribution in [0.1, 0.15) is 43.2 Å². The van der Waals surface area contributed by atoms with Crippen LogP contribution in [0.4, 0.5) is 5.69 Å². The quantitative estimate of drug-likeness (QED) is 0.767. The Morgan fingerprint density at radius 2 is 1.88 bits per heavy atom. The van der Waals surface area contributed by atoms with Gasteiger partial charge in [-0.1, -0.05) is 44.2 Å². The van der Waals surface area contributed by atoms with Crippen molar-refractivity contribution in [3.05, 3.63) is 59.7 Å². The van der Waals surface area contributed by atoms with Crippen molar-refractivity contribution in [3.63, 3.8) is 0 Å². The van der Waals surface area contributed by atoms with Crippen LogP contribution in [0.25, 0.3) is 0 Å². The molecule has 0 spiro atoms. The van der Waals surface area contributed by atoms with E-state index in [1.54, 1.807) is 11.8 Å². The lowest BCUT2D eigenvalue weighted by Crippen LogP contribution is -2.28. The fourth-order valence-electron chi connectivity index (χ4n) is 2.92. The SMILES string of the molecule is CCOc1ccccc1C1SCC(=O)N1c1ccc(C(C)C)cc1. The molecular weight excluding hydrogens is 318 g/mol. The molecular formula is C20H23NO2S. The van der Waals surface area contributed by atoms with Gasteiger partial charge in [0.25, 0.3) is 0 Å². The Labute approximate surface area is 148 Å². The summed E-state index contributed by atoms with van der Waals surface area (Å²) in [7, 11) is 0. The van der Waals surface area contributed by atoms with Crippen LogP contribution in [0.2, 0.25) is 0 Å². The Balaban J connectivity index is 1.95. The van der Waals surface area contributed by atoms with Gasteiger partial charge in [0.1, 0.15) is 11.1 Å². The summed E-state index contributed by atoms with van der Waals surface area (Å²) < 4.78 is 5.77. The van der Waals surface area contributed by atoms with Gasteiger partial charge in [-0.25, -0.2) is 0 Å². The van der Waals surface area contributed by atoms with Gasteiger partial charge in [-0.3, -0.25) is 9.69 Å². The Morgan fingerprint density at radius 1 is 1.17 bits per heavy atom. The number of nitrogens with zero attached hydrogens (tertiary/aromatic N) is 1. The van der Waals surface area contributed by atoms with Gasteiger partial charge in [0.2, 0.25) is 5.91 Å². The zero-order valence-corrected chi connectivity index (χ0v) is 15.2. The standard InChI is InChI=1S/C20H23NO2S/c1-4-23-18-8-6-5-7-17(18)20-21(19(22)13-24-20)16-11-9-15(10-12-16)14(2)3/h5-12,14,20H,4,13H2,1-3H3. The number of hydrogen-bond acceptors (Lipinski definition) is 3.